The molecular formula is C19H14N2O5S. The Bertz CT molecular complexity index is 1020. The summed E-state index contributed by atoms with van der Waals surface area (Å²) in [4.78, 5) is 33.6. The Morgan fingerprint density at radius 2 is 2.04 bits per heavy atom. The van der Waals surface area contributed by atoms with Crippen molar-refractivity contribution < 1.29 is 23.8 Å². The van der Waals surface area contributed by atoms with Crippen LogP contribution in [-0.4, -0.2) is 35.1 Å². The molecule has 7 nitrogen and oxygen atoms in total. The highest BCUT2D eigenvalue weighted by Gasteiger charge is 2.21. The molecule has 0 radical (unpaired) electrons. The highest BCUT2D eigenvalue weighted by molar-refractivity contribution is 7.17. The smallest absolute Gasteiger partial charge is 0.350 e. The van der Waals surface area contributed by atoms with E-state index < -0.39 is 5.97 Å². The van der Waals surface area contributed by atoms with Crippen LogP contribution in [-0.2, 0) is 4.74 Å². The molecule has 0 spiro atoms. The normalized spacial score (nSPS) is 12.0. The fraction of sp³-hybridized carbons (Fsp3) is 0.158. The Morgan fingerprint density at radius 1 is 1.19 bits per heavy atom. The van der Waals surface area contributed by atoms with Gasteiger partial charge >= 0.3 is 5.97 Å². The summed E-state index contributed by atoms with van der Waals surface area (Å²) in [6.07, 6.45) is 1.66. The molecule has 0 bridgehead atoms. The van der Waals surface area contributed by atoms with E-state index >= 15 is 0 Å². The Labute approximate surface area is 158 Å². The number of aryl methyl sites for hydroxylation is 1. The first-order chi connectivity index (χ1) is 13.1. The van der Waals surface area contributed by atoms with E-state index in [-0.39, 0.29) is 19.2 Å². The predicted octanol–water partition coefficient (Wildman–Crippen LogP) is 3.28. The molecule has 0 aliphatic carbocycles. The van der Waals surface area contributed by atoms with Gasteiger partial charge in [0.25, 0.3) is 0 Å². The van der Waals surface area contributed by atoms with Gasteiger partial charge in [-0.05, 0) is 37.3 Å². The van der Waals surface area contributed by atoms with Gasteiger partial charge < -0.3 is 14.2 Å². The van der Waals surface area contributed by atoms with Crippen molar-refractivity contribution >= 4 is 23.1 Å². The molecule has 1 aliphatic rings. The summed E-state index contributed by atoms with van der Waals surface area (Å²) in [6.45, 7) is 1.49. The van der Waals surface area contributed by atoms with Crippen molar-refractivity contribution in [3.63, 3.8) is 0 Å². The lowest BCUT2D eigenvalue weighted by Crippen LogP contribution is -2.14. The van der Waals surface area contributed by atoms with Crippen molar-refractivity contribution in [1.29, 1.82) is 0 Å². The van der Waals surface area contributed by atoms with E-state index in [9.17, 15) is 9.59 Å². The SMILES string of the molecule is Cc1nc(-c2ccccn2)sc1C(=O)OCC(=O)c1ccc2c(c1)OCO2. The van der Waals surface area contributed by atoms with Crippen molar-refractivity contribution in [2.45, 2.75) is 6.92 Å². The second-order valence-corrected chi connectivity index (χ2v) is 6.71. The summed E-state index contributed by atoms with van der Waals surface area (Å²) in [5.41, 5.74) is 1.62. The number of aromatic nitrogens is 2. The van der Waals surface area contributed by atoms with Crippen molar-refractivity contribution in [3.05, 3.63) is 58.7 Å². The minimum atomic E-state index is -0.582. The lowest BCUT2D eigenvalue weighted by Gasteiger charge is -2.04. The predicted molar refractivity (Wildman–Crippen MR) is 97.3 cm³/mol. The van der Waals surface area contributed by atoms with Gasteiger partial charge in [0, 0.05) is 11.8 Å². The van der Waals surface area contributed by atoms with Crippen LogP contribution in [0.1, 0.15) is 25.7 Å². The first-order valence-electron chi connectivity index (χ1n) is 8.10. The highest BCUT2D eigenvalue weighted by Crippen LogP contribution is 2.32. The number of hydrogen-bond donors (Lipinski definition) is 0. The quantitative estimate of drug-likeness (QED) is 0.494. The molecule has 1 aliphatic heterocycles. The van der Waals surface area contributed by atoms with Crippen LogP contribution in [0.5, 0.6) is 11.5 Å². The second-order valence-electron chi connectivity index (χ2n) is 5.72. The molecular weight excluding hydrogens is 368 g/mol. The number of thiazole rings is 1. The van der Waals surface area contributed by atoms with Gasteiger partial charge in [-0.1, -0.05) is 6.07 Å². The van der Waals surface area contributed by atoms with E-state index in [1.54, 1.807) is 37.4 Å². The molecule has 4 rings (SSSR count). The van der Waals surface area contributed by atoms with E-state index in [1.807, 2.05) is 12.1 Å². The van der Waals surface area contributed by atoms with E-state index in [0.717, 1.165) is 0 Å². The van der Waals surface area contributed by atoms with Crippen LogP contribution in [0.25, 0.3) is 10.7 Å². The average Bonchev–Trinajstić information content (AvgIpc) is 3.32. The van der Waals surface area contributed by atoms with E-state index in [1.165, 1.54) is 11.3 Å². The number of benzene rings is 1. The highest BCUT2D eigenvalue weighted by atomic mass is 32.1. The molecule has 0 saturated carbocycles. The number of pyridine rings is 1. The Kier molecular flexibility index (Phi) is 4.55. The zero-order valence-corrected chi connectivity index (χ0v) is 15.1. The zero-order chi connectivity index (χ0) is 18.8. The van der Waals surface area contributed by atoms with Gasteiger partial charge in [0.15, 0.2) is 23.9 Å². The van der Waals surface area contributed by atoms with E-state index in [2.05, 4.69) is 9.97 Å². The minimum absolute atomic E-state index is 0.130. The largest absolute Gasteiger partial charge is 0.454 e. The molecule has 0 fully saturated rings. The first kappa shape index (κ1) is 17.2. The van der Waals surface area contributed by atoms with Crippen molar-refractivity contribution in [3.8, 4) is 22.2 Å². The van der Waals surface area contributed by atoms with Gasteiger partial charge in [-0.15, -0.1) is 11.3 Å². The van der Waals surface area contributed by atoms with Gasteiger partial charge in [-0.3, -0.25) is 9.78 Å². The number of carbonyl (C=O) groups excluding carboxylic acids is 2. The summed E-state index contributed by atoms with van der Waals surface area (Å²) in [5, 5.41) is 0.627. The summed E-state index contributed by atoms with van der Waals surface area (Å²) in [6, 6.07) is 10.3. The maximum absolute atomic E-state index is 12.4. The summed E-state index contributed by atoms with van der Waals surface area (Å²) >= 11 is 1.19. The van der Waals surface area contributed by atoms with Gasteiger partial charge in [0.05, 0.1) is 11.4 Å². The van der Waals surface area contributed by atoms with Gasteiger partial charge in [-0.25, -0.2) is 9.78 Å². The average molecular weight is 382 g/mol. The molecule has 0 amide bonds. The molecule has 8 heteroatoms. The van der Waals surface area contributed by atoms with Crippen molar-refractivity contribution in [2.24, 2.45) is 0 Å². The molecule has 3 heterocycles. The van der Waals surface area contributed by atoms with Crippen LogP contribution < -0.4 is 9.47 Å². The lowest BCUT2D eigenvalue weighted by molar-refractivity contribution is 0.0478. The molecule has 0 atom stereocenters. The third-order valence-corrected chi connectivity index (χ3v) is 5.05. The lowest BCUT2D eigenvalue weighted by atomic mass is 10.1. The number of nitrogens with zero attached hydrogens (tertiary/aromatic N) is 2. The van der Waals surface area contributed by atoms with Crippen molar-refractivity contribution in [2.75, 3.05) is 13.4 Å². The zero-order valence-electron chi connectivity index (χ0n) is 14.3. The van der Waals surface area contributed by atoms with Gasteiger partial charge in [0.1, 0.15) is 9.88 Å². The second kappa shape index (κ2) is 7.16. The number of ketones is 1. The Balaban J connectivity index is 1.44. The fourth-order valence-electron chi connectivity index (χ4n) is 2.53. The third-order valence-electron chi connectivity index (χ3n) is 3.89. The summed E-state index contributed by atoms with van der Waals surface area (Å²) < 4.78 is 15.6. The molecule has 0 N–H and O–H groups in total. The van der Waals surface area contributed by atoms with Crippen LogP contribution in [0.3, 0.4) is 0 Å². The number of ether oxygens (including phenoxy) is 3. The number of fused-ring (bicyclic) bond motifs is 1. The maximum atomic E-state index is 12.4. The first-order valence-corrected chi connectivity index (χ1v) is 8.92. The van der Waals surface area contributed by atoms with Crippen molar-refractivity contribution in [1.82, 2.24) is 9.97 Å². The molecule has 0 saturated heterocycles. The van der Waals surface area contributed by atoms with Gasteiger partial charge in [-0.2, -0.15) is 0 Å². The van der Waals surface area contributed by atoms with E-state index in [0.29, 0.717) is 38.3 Å². The summed E-state index contributed by atoms with van der Waals surface area (Å²) in [5.74, 6) is 0.186. The van der Waals surface area contributed by atoms with Crippen LogP contribution in [0.4, 0.5) is 0 Å². The van der Waals surface area contributed by atoms with Crippen LogP contribution in [0.2, 0.25) is 0 Å². The standard InChI is InChI=1S/C19H14N2O5S/c1-11-17(27-18(21-11)13-4-2-3-7-20-13)19(23)24-9-14(22)12-5-6-15-16(8-12)26-10-25-15/h2-8H,9-10H2,1H3. The fourth-order valence-corrected chi connectivity index (χ4v) is 3.47. The van der Waals surface area contributed by atoms with Crippen LogP contribution >= 0.6 is 11.3 Å². The topological polar surface area (TPSA) is 87.6 Å². The van der Waals surface area contributed by atoms with Crippen LogP contribution in [0.15, 0.2) is 42.6 Å². The number of Topliss-reactive ketones (excluding diaryl/α,β-unsaturated/α-hetero) is 1. The monoisotopic (exact) mass is 382 g/mol. The van der Waals surface area contributed by atoms with Crippen LogP contribution in [0, 0.1) is 6.92 Å². The Morgan fingerprint density at radius 3 is 2.85 bits per heavy atom. The molecule has 136 valence electrons. The number of rotatable bonds is 5. The molecule has 0 unspecified atom stereocenters. The number of hydrogen-bond acceptors (Lipinski definition) is 8. The minimum Gasteiger partial charge on any atom is -0.454 e. The Hall–Kier alpha value is -3.26. The summed E-state index contributed by atoms with van der Waals surface area (Å²) in [7, 11) is 0. The molecule has 2 aromatic heterocycles. The third kappa shape index (κ3) is 3.52. The van der Waals surface area contributed by atoms with E-state index in [4.69, 9.17) is 14.2 Å². The van der Waals surface area contributed by atoms with Gasteiger partial charge in [0.2, 0.25) is 6.79 Å². The molecule has 3 aromatic rings. The number of esters is 1. The molecule has 1 aromatic carbocycles. The number of carbonyl (C=O) groups is 2. The maximum Gasteiger partial charge on any atom is 0.350 e. The molecule has 27 heavy (non-hydrogen) atoms.